The van der Waals surface area contributed by atoms with Crippen molar-refractivity contribution in [3.8, 4) is 22.8 Å². The highest BCUT2D eigenvalue weighted by Crippen LogP contribution is 2.33. The molecular weight excluding hydrogens is 366 g/mol. The lowest BCUT2D eigenvalue weighted by Crippen LogP contribution is -2.15. The Labute approximate surface area is 162 Å². The summed E-state index contributed by atoms with van der Waals surface area (Å²) in [6.07, 6.45) is 3.22. The molecule has 3 rings (SSSR count). The number of anilines is 1. The summed E-state index contributed by atoms with van der Waals surface area (Å²) in [6.45, 7) is 0. The van der Waals surface area contributed by atoms with Gasteiger partial charge in [-0.25, -0.2) is 9.97 Å². The summed E-state index contributed by atoms with van der Waals surface area (Å²) in [5, 5.41) is 3.50. The highest BCUT2D eigenvalue weighted by molar-refractivity contribution is 6.30. The van der Waals surface area contributed by atoms with Crippen LogP contribution in [0.15, 0.2) is 55.0 Å². The largest absolute Gasteiger partial charge is 0.493 e. The van der Waals surface area contributed by atoms with Crippen LogP contribution in [0.25, 0.3) is 11.3 Å². The fourth-order valence-corrected chi connectivity index (χ4v) is 2.74. The lowest BCUT2D eigenvalue weighted by molar-refractivity contribution is -0.115. The Hall–Kier alpha value is -3.12. The Morgan fingerprint density at radius 2 is 1.81 bits per heavy atom. The van der Waals surface area contributed by atoms with Gasteiger partial charge in [-0.3, -0.25) is 4.79 Å². The molecule has 0 bridgehead atoms. The van der Waals surface area contributed by atoms with E-state index in [-0.39, 0.29) is 12.3 Å². The van der Waals surface area contributed by atoms with Gasteiger partial charge in [0.05, 0.1) is 38.2 Å². The Morgan fingerprint density at radius 3 is 2.52 bits per heavy atom. The van der Waals surface area contributed by atoms with Crippen molar-refractivity contribution >= 4 is 23.2 Å². The molecule has 0 atom stereocenters. The third-order valence-corrected chi connectivity index (χ3v) is 4.17. The van der Waals surface area contributed by atoms with Crippen molar-refractivity contribution in [1.82, 2.24) is 9.97 Å². The van der Waals surface area contributed by atoms with Crippen molar-refractivity contribution < 1.29 is 14.3 Å². The molecule has 1 N–H and O–H groups in total. The average Bonchev–Trinajstić information content (AvgIpc) is 2.69. The number of methoxy groups -OCH3 is 2. The number of nitrogens with one attached hydrogen (secondary N) is 1. The monoisotopic (exact) mass is 383 g/mol. The molecule has 0 radical (unpaired) electrons. The topological polar surface area (TPSA) is 73.3 Å². The quantitative estimate of drug-likeness (QED) is 0.696. The van der Waals surface area contributed by atoms with Crippen molar-refractivity contribution in [2.75, 3.05) is 19.5 Å². The Morgan fingerprint density at radius 1 is 1.07 bits per heavy atom. The third kappa shape index (κ3) is 4.54. The number of benzene rings is 2. The fourth-order valence-electron chi connectivity index (χ4n) is 2.62. The summed E-state index contributed by atoms with van der Waals surface area (Å²) >= 11 is 5.88. The normalized spacial score (nSPS) is 10.3. The van der Waals surface area contributed by atoms with E-state index >= 15 is 0 Å². The van der Waals surface area contributed by atoms with Crippen molar-refractivity contribution in [2.24, 2.45) is 0 Å². The van der Waals surface area contributed by atoms with Crippen molar-refractivity contribution in [2.45, 2.75) is 6.42 Å². The molecule has 0 aliphatic heterocycles. The van der Waals surface area contributed by atoms with Gasteiger partial charge in [-0.2, -0.15) is 0 Å². The predicted molar refractivity (Wildman–Crippen MR) is 104 cm³/mol. The van der Waals surface area contributed by atoms with Crippen LogP contribution in [0.2, 0.25) is 5.02 Å². The maximum atomic E-state index is 12.4. The minimum absolute atomic E-state index is 0.172. The molecule has 6 nitrogen and oxygen atoms in total. The average molecular weight is 384 g/mol. The SMILES string of the molecule is COc1ccc(-c2ncncc2NC(=O)Cc2ccc(Cl)cc2)cc1OC. The highest BCUT2D eigenvalue weighted by Gasteiger charge is 2.13. The molecule has 1 amide bonds. The molecule has 138 valence electrons. The number of carbonyl (C=O) groups excluding carboxylic acids is 1. The minimum atomic E-state index is -0.172. The molecule has 0 aliphatic rings. The Bertz CT molecular complexity index is 945. The first-order valence-electron chi connectivity index (χ1n) is 8.17. The van der Waals surface area contributed by atoms with Crippen molar-refractivity contribution in [3.63, 3.8) is 0 Å². The van der Waals surface area contributed by atoms with E-state index in [2.05, 4.69) is 15.3 Å². The summed E-state index contributed by atoms with van der Waals surface area (Å²) < 4.78 is 10.6. The molecule has 2 aromatic carbocycles. The lowest BCUT2D eigenvalue weighted by Gasteiger charge is -2.12. The smallest absolute Gasteiger partial charge is 0.228 e. The van der Waals surface area contributed by atoms with E-state index in [9.17, 15) is 4.79 Å². The van der Waals surface area contributed by atoms with Crippen LogP contribution in [-0.4, -0.2) is 30.1 Å². The van der Waals surface area contributed by atoms with Gasteiger partial charge in [0.25, 0.3) is 0 Å². The molecule has 0 saturated carbocycles. The second-order valence-corrected chi connectivity index (χ2v) is 6.14. The molecule has 1 aromatic heterocycles. The van der Waals surface area contributed by atoms with E-state index in [1.807, 2.05) is 18.2 Å². The second-order valence-electron chi connectivity index (χ2n) is 5.71. The van der Waals surface area contributed by atoms with Gasteiger partial charge in [0.2, 0.25) is 5.91 Å². The maximum absolute atomic E-state index is 12.4. The fraction of sp³-hybridized carbons (Fsp3) is 0.150. The number of hydrogen-bond acceptors (Lipinski definition) is 5. The van der Waals surface area contributed by atoms with Gasteiger partial charge < -0.3 is 14.8 Å². The number of halogens is 1. The van der Waals surface area contributed by atoms with Gasteiger partial charge in [0.1, 0.15) is 6.33 Å². The van der Waals surface area contributed by atoms with Crippen molar-refractivity contribution in [1.29, 1.82) is 0 Å². The minimum Gasteiger partial charge on any atom is -0.493 e. The maximum Gasteiger partial charge on any atom is 0.228 e. The van der Waals surface area contributed by atoms with Crippen LogP contribution in [0.5, 0.6) is 11.5 Å². The predicted octanol–water partition coefficient (Wildman–Crippen LogP) is 4.00. The van der Waals surface area contributed by atoms with Crippen LogP contribution in [0.3, 0.4) is 0 Å². The summed E-state index contributed by atoms with van der Waals surface area (Å²) in [7, 11) is 3.14. The van der Waals surface area contributed by atoms with E-state index in [1.54, 1.807) is 44.7 Å². The molecule has 0 spiro atoms. The molecule has 0 saturated heterocycles. The second kappa shape index (κ2) is 8.51. The van der Waals surface area contributed by atoms with Gasteiger partial charge in [-0.1, -0.05) is 23.7 Å². The van der Waals surface area contributed by atoms with E-state index in [0.717, 1.165) is 11.1 Å². The number of ether oxygens (including phenoxy) is 2. The first-order valence-corrected chi connectivity index (χ1v) is 8.55. The Balaban J connectivity index is 1.83. The molecule has 27 heavy (non-hydrogen) atoms. The van der Waals surface area contributed by atoms with Gasteiger partial charge in [0, 0.05) is 10.6 Å². The first kappa shape index (κ1) is 18.7. The van der Waals surface area contributed by atoms with Crippen LogP contribution >= 0.6 is 11.6 Å². The zero-order chi connectivity index (χ0) is 19.2. The standard InChI is InChI=1S/C20H18ClN3O3/c1-26-17-8-5-14(10-18(17)27-2)20-16(11-22-12-23-20)24-19(25)9-13-3-6-15(21)7-4-13/h3-8,10-12H,9H2,1-2H3,(H,24,25). The molecule has 0 unspecified atom stereocenters. The van der Waals surface area contributed by atoms with Gasteiger partial charge in [-0.15, -0.1) is 0 Å². The Kier molecular flexibility index (Phi) is 5.88. The number of carbonyl (C=O) groups is 1. The van der Waals surface area contributed by atoms with E-state index in [1.165, 1.54) is 6.33 Å². The summed E-state index contributed by atoms with van der Waals surface area (Å²) in [5.41, 5.74) is 2.75. The van der Waals surface area contributed by atoms with Crippen LogP contribution in [0, 0.1) is 0 Å². The summed E-state index contributed by atoms with van der Waals surface area (Å²) in [5.74, 6) is 1.02. The number of aromatic nitrogens is 2. The van der Waals surface area contributed by atoms with Crippen molar-refractivity contribution in [3.05, 3.63) is 65.6 Å². The van der Waals surface area contributed by atoms with E-state index in [0.29, 0.717) is 27.9 Å². The van der Waals surface area contributed by atoms with Crippen LogP contribution in [-0.2, 0) is 11.2 Å². The third-order valence-electron chi connectivity index (χ3n) is 3.92. The van der Waals surface area contributed by atoms with Crippen LogP contribution in [0.1, 0.15) is 5.56 Å². The summed E-state index contributed by atoms with van der Waals surface area (Å²) in [6, 6.07) is 12.6. The van der Waals surface area contributed by atoms with E-state index < -0.39 is 0 Å². The van der Waals surface area contributed by atoms with Gasteiger partial charge in [-0.05, 0) is 35.9 Å². The number of hydrogen-bond donors (Lipinski definition) is 1. The number of nitrogens with zero attached hydrogens (tertiary/aromatic N) is 2. The van der Waals surface area contributed by atoms with Crippen LogP contribution in [0.4, 0.5) is 5.69 Å². The zero-order valence-corrected chi connectivity index (χ0v) is 15.7. The highest BCUT2D eigenvalue weighted by atomic mass is 35.5. The number of rotatable bonds is 6. The lowest BCUT2D eigenvalue weighted by atomic mass is 10.1. The zero-order valence-electron chi connectivity index (χ0n) is 14.9. The molecule has 7 heteroatoms. The van der Waals surface area contributed by atoms with Crippen LogP contribution < -0.4 is 14.8 Å². The van der Waals surface area contributed by atoms with Gasteiger partial charge in [0.15, 0.2) is 11.5 Å². The summed E-state index contributed by atoms with van der Waals surface area (Å²) in [4.78, 5) is 20.8. The molecule has 0 fully saturated rings. The molecule has 0 aliphatic carbocycles. The molecule has 1 heterocycles. The number of amides is 1. The van der Waals surface area contributed by atoms with Gasteiger partial charge >= 0.3 is 0 Å². The molecule has 3 aromatic rings. The van der Waals surface area contributed by atoms with E-state index in [4.69, 9.17) is 21.1 Å². The molecular formula is C20H18ClN3O3. The first-order chi connectivity index (χ1) is 13.1.